The number of nitrogens with zero attached hydrogens (tertiary/aromatic N) is 1. The Bertz CT molecular complexity index is 947. The fourth-order valence-corrected chi connectivity index (χ4v) is 4.34. The van der Waals surface area contributed by atoms with Crippen LogP contribution in [0.5, 0.6) is 0 Å². The average molecular weight is 443 g/mol. The molecular formula is C23H23FN2O2S2. The average Bonchev–Trinajstić information content (AvgIpc) is 3.01. The fraction of sp³-hybridized carbons (Fsp3) is 0.261. The van der Waals surface area contributed by atoms with E-state index in [-0.39, 0.29) is 17.6 Å². The molecule has 1 heterocycles. The van der Waals surface area contributed by atoms with E-state index in [1.807, 2.05) is 30.3 Å². The summed E-state index contributed by atoms with van der Waals surface area (Å²) in [5.74, 6) is -0.528. The summed E-state index contributed by atoms with van der Waals surface area (Å²) in [5, 5.41) is 2.91. The number of unbranched alkanes of at least 4 members (excludes halogenated alkanes) is 2. The molecule has 0 aromatic heterocycles. The molecule has 2 amide bonds. The van der Waals surface area contributed by atoms with Gasteiger partial charge < -0.3 is 5.32 Å². The lowest BCUT2D eigenvalue weighted by molar-refractivity contribution is -0.123. The van der Waals surface area contributed by atoms with E-state index in [0.717, 1.165) is 24.8 Å². The first-order chi connectivity index (χ1) is 14.5. The van der Waals surface area contributed by atoms with Gasteiger partial charge in [0.25, 0.3) is 5.91 Å². The number of rotatable bonds is 9. The Balaban J connectivity index is 1.38. The van der Waals surface area contributed by atoms with Crippen molar-refractivity contribution in [3.63, 3.8) is 0 Å². The van der Waals surface area contributed by atoms with Gasteiger partial charge in [0.2, 0.25) is 5.91 Å². The zero-order chi connectivity index (χ0) is 21.3. The lowest BCUT2D eigenvalue weighted by atomic mass is 10.1. The highest BCUT2D eigenvalue weighted by Crippen LogP contribution is 2.33. The van der Waals surface area contributed by atoms with Crippen LogP contribution < -0.4 is 5.32 Å². The highest BCUT2D eigenvalue weighted by atomic mass is 32.2. The summed E-state index contributed by atoms with van der Waals surface area (Å²) in [4.78, 5) is 26.5. The predicted molar refractivity (Wildman–Crippen MR) is 123 cm³/mol. The molecule has 3 rings (SSSR count). The minimum Gasteiger partial charge on any atom is -0.352 e. The number of nitrogens with one attached hydrogen (secondary N) is 1. The molecule has 7 heteroatoms. The number of amides is 2. The molecule has 1 aliphatic heterocycles. The molecule has 0 spiro atoms. The first kappa shape index (κ1) is 22.2. The zero-order valence-electron chi connectivity index (χ0n) is 16.5. The van der Waals surface area contributed by atoms with Crippen molar-refractivity contribution in [1.29, 1.82) is 0 Å². The van der Waals surface area contributed by atoms with Crippen molar-refractivity contribution >= 4 is 46.2 Å². The highest BCUT2D eigenvalue weighted by Gasteiger charge is 2.31. The van der Waals surface area contributed by atoms with Gasteiger partial charge in [-0.3, -0.25) is 14.5 Å². The van der Waals surface area contributed by atoms with Crippen molar-refractivity contribution in [3.8, 4) is 0 Å². The number of hydrogen-bond donors (Lipinski definition) is 1. The maximum absolute atomic E-state index is 13.8. The van der Waals surface area contributed by atoms with Crippen molar-refractivity contribution in [1.82, 2.24) is 10.2 Å². The van der Waals surface area contributed by atoms with Crippen LogP contribution in [0.3, 0.4) is 0 Å². The molecule has 0 saturated carbocycles. The topological polar surface area (TPSA) is 49.4 Å². The maximum atomic E-state index is 13.8. The summed E-state index contributed by atoms with van der Waals surface area (Å²) >= 11 is 6.51. The predicted octanol–water partition coefficient (Wildman–Crippen LogP) is 4.90. The van der Waals surface area contributed by atoms with Crippen LogP contribution in [-0.2, 0) is 16.1 Å². The molecule has 156 valence electrons. The van der Waals surface area contributed by atoms with Gasteiger partial charge in [0.15, 0.2) is 0 Å². The first-order valence-electron chi connectivity index (χ1n) is 9.85. The Morgan fingerprint density at radius 1 is 1.07 bits per heavy atom. The third-order valence-electron chi connectivity index (χ3n) is 4.68. The summed E-state index contributed by atoms with van der Waals surface area (Å²) in [7, 11) is 0. The van der Waals surface area contributed by atoms with Crippen LogP contribution >= 0.6 is 24.0 Å². The summed E-state index contributed by atoms with van der Waals surface area (Å²) in [6, 6.07) is 16.1. The van der Waals surface area contributed by atoms with E-state index >= 15 is 0 Å². The number of carbonyl (C=O) groups excluding carboxylic acids is 2. The number of carbonyl (C=O) groups is 2. The van der Waals surface area contributed by atoms with E-state index in [9.17, 15) is 14.0 Å². The zero-order valence-corrected chi connectivity index (χ0v) is 18.1. The monoisotopic (exact) mass is 442 g/mol. The first-order valence-corrected chi connectivity index (χ1v) is 11.1. The second kappa shape index (κ2) is 11.0. The summed E-state index contributed by atoms with van der Waals surface area (Å²) in [6.45, 7) is 1.04. The van der Waals surface area contributed by atoms with Crippen molar-refractivity contribution in [3.05, 3.63) is 76.4 Å². The van der Waals surface area contributed by atoms with Gasteiger partial charge in [0.05, 0.1) is 4.91 Å². The van der Waals surface area contributed by atoms with Crippen LogP contribution in [0.2, 0.25) is 0 Å². The molecule has 0 atom stereocenters. The molecule has 1 fully saturated rings. The highest BCUT2D eigenvalue weighted by molar-refractivity contribution is 8.26. The lowest BCUT2D eigenvalue weighted by Crippen LogP contribution is -2.29. The molecule has 2 aromatic rings. The molecule has 2 aromatic carbocycles. The van der Waals surface area contributed by atoms with Gasteiger partial charge in [-0.2, -0.15) is 0 Å². The van der Waals surface area contributed by atoms with Gasteiger partial charge >= 0.3 is 0 Å². The number of hydrogen-bond acceptors (Lipinski definition) is 4. The molecule has 0 bridgehead atoms. The van der Waals surface area contributed by atoms with Crippen molar-refractivity contribution in [2.75, 3.05) is 6.54 Å². The molecular weight excluding hydrogens is 419 g/mol. The van der Waals surface area contributed by atoms with Gasteiger partial charge in [-0.25, -0.2) is 4.39 Å². The summed E-state index contributed by atoms with van der Waals surface area (Å²) < 4.78 is 14.3. The number of benzene rings is 2. The summed E-state index contributed by atoms with van der Waals surface area (Å²) in [5.41, 5.74) is 1.45. The standard InChI is InChI=1S/C23H23FN2O2S2/c24-19-12-7-6-11-18(19)15-20-22(28)26(23(29)30-20)14-8-2-5-13-21(27)25-16-17-9-3-1-4-10-17/h1,3-4,6-7,9-12,15H,2,5,8,13-14,16H2,(H,25,27)/b20-15-. The van der Waals surface area contributed by atoms with E-state index in [1.165, 1.54) is 17.8 Å². The van der Waals surface area contributed by atoms with Crippen molar-refractivity contribution in [2.24, 2.45) is 0 Å². The second-order valence-electron chi connectivity index (χ2n) is 6.93. The summed E-state index contributed by atoms with van der Waals surface area (Å²) in [6.07, 6.45) is 4.33. The van der Waals surface area contributed by atoms with Gasteiger partial charge in [-0.05, 0) is 30.5 Å². The van der Waals surface area contributed by atoms with Gasteiger partial charge in [-0.15, -0.1) is 0 Å². The smallest absolute Gasteiger partial charge is 0.266 e. The molecule has 1 N–H and O–H groups in total. The fourth-order valence-electron chi connectivity index (χ4n) is 3.04. The van der Waals surface area contributed by atoms with E-state index in [4.69, 9.17) is 12.2 Å². The van der Waals surface area contributed by atoms with E-state index in [2.05, 4.69) is 5.32 Å². The van der Waals surface area contributed by atoms with Gasteiger partial charge in [0.1, 0.15) is 10.1 Å². The second-order valence-corrected chi connectivity index (χ2v) is 8.60. The number of halogens is 1. The number of thioether (sulfide) groups is 1. The minimum atomic E-state index is -0.367. The van der Waals surface area contributed by atoms with Crippen LogP contribution in [0.4, 0.5) is 4.39 Å². The molecule has 0 aliphatic carbocycles. The van der Waals surface area contributed by atoms with Crippen LogP contribution in [0.15, 0.2) is 59.5 Å². The van der Waals surface area contributed by atoms with Crippen LogP contribution in [0.25, 0.3) is 6.08 Å². The molecule has 4 nitrogen and oxygen atoms in total. The van der Waals surface area contributed by atoms with Crippen LogP contribution in [0, 0.1) is 5.82 Å². The Kier molecular flexibility index (Phi) is 8.16. The Hall–Kier alpha value is -2.51. The molecule has 0 radical (unpaired) electrons. The Morgan fingerprint density at radius 2 is 1.80 bits per heavy atom. The van der Waals surface area contributed by atoms with E-state index < -0.39 is 0 Å². The van der Waals surface area contributed by atoms with E-state index in [0.29, 0.717) is 34.3 Å². The largest absolute Gasteiger partial charge is 0.352 e. The molecule has 1 saturated heterocycles. The van der Waals surface area contributed by atoms with E-state index in [1.54, 1.807) is 29.2 Å². The van der Waals surface area contributed by atoms with Gasteiger partial charge in [0, 0.05) is 25.1 Å². The quantitative estimate of drug-likeness (QED) is 0.341. The third-order valence-corrected chi connectivity index (χ3v) is 6.06. The molecule has 1 aliphatic rings. The normalized spacial score (nSPS) is 15.1. The van der Waals surface area contributed by atoms with Crippen molar-refractivity contribution < 1.29 is 14.0 Å². The van der Waals surface area contributed by atoms with Crippen molar-refractivity contribution in [2.45, 2.75) is 32.2 Å². The van der Waals surface area contributed by atoms with Gasteiger partial charge in [-0.1, -0.05) is 78.9 Å². The number of thiocarbonyl (C=S) groups is 1. The Labute approximate surface area is 185 Å². The minimum absolute atomic E-state index is 0.0253. The molecule has 30 heavy (non-hydrogen) atoms. The maximum Gasteiger partial charge on any atom is 0.266 e. The third kappa shape index (κ3) is 6.24. The lowest BCUT2D eigenvalue weighted by Gasteiger charge is -2.14. The van der Waals surface area contributed by atoms with Crippen LogP contribution in [0.1, 0.15) is 36.8 Å². The SMILES string of the molecule is O=C(CCCCCN1C(=O)/C(=C/c2ccccc2F)SC1=S)NCc1ccccc1. The molecule has 0 unspecified atom stereocenters. The van der Waals surface area contributed by atoms with Crippen LogP contribution in [-0.4, -0.2) is 27.6 Å². The Morgan fingerprint density at radius 3 is 2.57 bits per heavy atom.